The van der Waals surface area contributed by atoms with Gasteiger partial charge in [0.15, 0.2) is 0 Å². The summed E-state index contributed by atoms with van der Waals surface area (Å²) in [7, 11) is 0. The third-order valence-electron chi connectivity index (χ3n) is 6.77. The molecule has 0 unspecified atom stereocenters. The zero-order valence-electron chi connectivity index (χ0n) is 23.1. The van der Waals surface area contributed by atoms with Gasteiger partial charge in [-0.2, -0.15) is 0 Å². The maximum atomic E-state index is 13.5. The van der Waals surface area contributed by atoms with Gasteiger partial charge in [-0.3, -0.25) is 14.4 Å². The van der Waals surface area contributed by atoms with E-state index in [0.29, 0.717) is 32.5 Å². The molecule has 3 rings (SSSR count). The molecule has 212 valence electrons. The number of hydrogen-bond acceptors (Lipinski definition) is 5. The van der Waals surface area contributed by atoms with Crippen molar-refractivity contribution in [2.45, 2.75) is 71.0 Å². The van der Waals surface area contributed by atoms with E-state index in [2.05, 4.69) is 43.9 Å². The highest BCUT2D eigenvalue weighted by molar-refractivity contribution is 14.1. The maximum Gasteiger partial charge on any atom is 0.243 e. The fraction of sp³-hybridized carbons (Fsp3) is 0.500. The standard InChI is InChI=1S/C30H41IN4O4/c1-4-8-24-28(36)33-16-7-10-22-9-5-6-11-26(22)39-18-17-32-25(19-21-12-14-23(31)15-13-21)29(37)35-27(20(2)3)30(38)34-24/h5-6,9,11-15,20,24-25,27,32H,4,7-8,10,16-19H2,1-3H3,(H,33,36)(H,34,38)(H,35,37)/t24-,25+,27+/m0/s1. The summed E-state index contributed by atoms with van der Waals surface area (Å²) in [4.78, 5) is 39.8. The van der Waals surface area contributed by atoms with Crippen LogP contribution in [0, 0.1) is 9.49 Å². The van der Waals surface area contributed by atoms with Crippen molar-refractivity contribution in [2.75, 3.05) is 19.7 Å². The molecule has 0 bridgehead atoms. The summed E-state index contributed by atoms with van der Waals surface area (Å²) in [6.07, 6.45) is 3.22. The summed E-state index contributed by atoms with van der Waals surface area (Å²) >= 11 is 2.25. The molecule has 0 fully saturated rings. The van der Waals surface area contributed by atoms with E-state index in [1.54, 1.807) is 0 Å². The molecule has 0 aromatic heterocycles. The second kappa shape index (κ2) is 15.8. The van der Waals surface area contributed by atoms with Crippen LogP contribution in [0.15, 0.2) is 48.5 Å². The van der Waals surface area contributed by atoms with Gasteiger partial charge >= 0.3 is 0 Å². The number of hydrogen-bond donors (Lipinski definition) is 4. The van der Waals surface area contributed by atoms with Crippen LogP contribution in [-0.2, 0) is 27.2 Å². The molecule has 2 aromatic rings. The predicted octanol–water partition coefficient (Wildman–Crippen LogP) is 3.36. The van der Waals surface area contributed by atoms with Crippen molar-refractivity contribution in [2.24, 2.45) is 5.92 Å². The molecule has 1 aliphatic rings. The van der Waals surface area contributed by atoms with Crippen LogP contribution >= 0.6 is 22.6 Å². The Balaban J connectivity index is 1.85. The van der Waals surface area contributed by atoms with Crippen molar-refractivity contribution >= 4 is 40.3 Å². The van der Waals surface area contributed by atoms with E-state index >= 15 is 0 Å². The third kappa shape index (κ3) is 9.79. The van der Waals surface area contributed by atoms with Crippen LogP contribution < -0.4 is 26.0 Å². The summed E-state index contributed by atoms with van der Waals surface area (Å²) in [5.41, 5.74) is 2.08. The average Bonchev–Trinajstić information content (AvgIpc) is 2.91. The normalized spacial score (nSPS) is 22.0. The van der Waals surface area contributed by atoms with Crippen LogP contribution in [0.4, 0.5) is 0 Å². The number of fused-ring (bicyclic) bond motifs is 1. The number of ether oxygens (including phenoxy) is 1. The Labute approximate surface area is 245 Å². The lowest BCUT2D eigenvalue weighted by atomic mass is 10.00. The van der Waals surface area contributed by atoms with Crippen molar-refractivity contribution in [3.63, 3.8) is 0 Å². The molecule has 3 atom stereocenters. The van der Waals surface area contributed by atoms with E-state index in [-0.39, 0.29) is 23.6 Å². The first-order chi connectivity index (χ1) is 18.8. The third-order valence-corrected chi connectivity index (χ3v) is 7.49. The molecule has 4 N–H and O–H groups in total. The smallest absolute Gasteiger partial charge is 0.243 e. The number of halogens is 1. The molecule has 2 aromatic carbocycles. The Morgan fingerprint density at radius 1 is 0.923 bits per heavy atom. The van der Waals surface area contributed by atoms with E-state index < -0.39 is 18.1 Å². The second-order valence-corrected chi connectivity index (χ2v) is 11.5. The van der Waals surface area contributed by atoms with Crippen molar-refractivity contribution in [1.82, 2.24) is 21.3 Å². The van der Waals surface area contributed by atoms with Crippen molar-refractivity contribution in [3.05, 3.63) is 63.2 Å². The highest BCUT2D eigenvalue weighted by atomic mass is 127. The molecule has 8 nitrogen and oxygen atoms in total. The summed E-state index contributed by atoms with van der Waals surface area (Å²) < 4.78 is 7.20. The van der Waals surface area contributed by atoms with E-state index in [1.165, 1.54) is 0 Å². The molecule has 1 heterocycles. The van der Waals surface area contributed by atoms with Crippen molar-refractivity contribution < 1.29 is 19.1 Å². The quantitative estimate of drug-likeness (QED) is 0.372. The number of amides is 3. The monoisotopic (exact) mass is 648 g/mol. The largest absolute Gasteiger partial charge is 0.492 e. The Morgan fingerprint density at radius 2 is 1.67 bits per heavy atom. The van der Waals surface area contributed by atoms with Gasteiger partial charge in [0.05, 0.1) is 6.04 Å². The molecule has 0 spiro atoms. The Morgan fingerprint density at radius 3 is 2.38 bits per heavy atom. The minimum atomic E-state index is -0.771. The Hall–Kier alpha value is -2.66. The summed E-state index contributed by atoms with van der Waals surface area (Å²) in [6, 6.07) is 13.9. The van der Waals surface area contributed by atoms with E-state index in [1.807, 2.05) is 69.3 Å². The molecule has 9 heteroatoms. The summed E-state index contributed by atoms with van der Waals surface area (Å²) in [5.74, 6) is -0.174. The fourth-order valence-electron chi connectivity index (χ4n) is 4.58. The van der Waals surface area contributed by atoms with Crippen LogP contribution in [0.3, 0.4) is 0 Å². The van der Waals surface area contributed by atoms with Crippen LogP contribution in [0.25, 0.3) is 0 Å². The number of rotatable bonds is 5. The van der Waals surface area contributed by atoms with Crippen molar-refractivity contribution in [1.29, 1.82) is 0 Å². The van der Waals surface area contributed by atoms with E-state index in [0.717, 1.165) is 39.7 Å². The van der Waals surface area contributed by atoms with Gasteiger partial charge < -0.3 is 26.0 Å². The molecule has 0 saturated carbocycles. The molecule has 1 aliphatic heterocycles. The van der Waals surface area contributed by atoms with Crippen molar-refractivity contribution in [3.8, 4) is 5.75 Å². The number of para-hydroxylation sites is 1. The van der Waals surface area contributed by atoms with Gasteiger partial charge in [0.25, 0.3) is 0 Å². The summed E-state index contributed by atoms with van der Waals surface area (Å²) in [5, 5.41) is 12.2. The van der Waals surface area contributed by atoms with Gasteiger partial charge in [0.1, 0.15) is 24.4 Å². The number of benzene rings is 2. The van der Waals surface area contributed by atoms with E-state index in [9.17, 15) is 14.4 Å². The minimum absolute atomic E-state index is 0.163. The van der Waals surface area contributed by atoms with Crippen LogP contribution in [0.1, 0.15) is 51.2 Å². The second-order valence-electron chi connectivity index (χ2n) is 10.3. The zero-order chi connectivity index (χ0) is 28.2. The molecule has 0 saturated heterocycles. The minimum Gasteiger partial charge on any atom is -0.492 e. The maximum absolute atomic E-state index is 13.5. The van der Waals surface area contributed by atoms with E-state index in [4.69, 9.17) is 4.74 Å². The number of carbonyl (C=O) groups is 3. The first-order valence-corrected chi connectivity index (χ1v) is 14.9. The highest BCUT2D eigenvalue weighted by Gasteiger charge is 2.30. The van der Waals surface area contributed by atoms with Crippen LogP contribution in [0.5, 0.6) is 5.75 Å². The van der Waals surface area contributed by atoms with Crippen LogP contribution in [0.2, 0.25) is 0 Å². The molecule has 0 radical (unpaired) electrons. The van der Waals surface area contributed by atoms with Gasteiger partial charge in [0, 0.05) is 16.7 Å². The van der Waals surface area contributed by atoms with Gasteiger partial charge in [-0.05, 0) is 83.5 Å². The Bertz CT molecular complexity index is 1090. The number of carbonyl (C=O) groups excluding carboxylic acids is 3. The lowest BCUT2D eigenvalue weighted by molar-refractivity contribution is -0.133. The SMILES string of the molecule is CCC[C@@H]1NC(=O)[C@@H](C(C)C)NC(=O)[C@@H](Cc2ccc(I)cc2)NCCOc2ccccc2CCCNC1=O. The van der Waals surface area contributed by atoms with Crippen LogP contribution in [-0.4, -0.2) is 55.5 Å². The lowest BCUT2D eigenvalue weighted by Crippen LogP contribution is -2.58. The zero-order valence-corrected chi connectivity index (χ0v) is 25.3. The molecule has 0 aliphatic carbocycles. The van der Waals surface area contributed by atoms with Gasteiger partial charge in [-0.15, -0.1) is 0 Å². The average molecular weight is 649 g/mol. The molecule has 39 heavy (non-hydrogen) atoms. The summed E-state index contributed by atoms with van der Waals surface area (Å²) in [6.45, 7) is 7.09. The number of nitrogens with one attached hydrogen (secondary N) is 4. The predicted molar refractivity (Wildman–Crippen MR) is 162 cm³/mol. The first kappa shape index (κ1) is 30.9. The lowest BCUT2D eigenvalue weighted by Gasteiger charge is -2.27. The first-order valence-electron chi connectivity index (χ1n) is 13.9. The molecule has 3 amide bonds. The fourth-order valence-corrected chi connectivity index (χ4v) is 4.94. The molecular weight excluding hydrogens is 607 g/mol. The van der Waals surface area contributed by atoms with Gasteiger partial charge in [-0.1, -0.05) is 57.5 Å². The van der Waals surface area contributed by atoms with Gasteiger partial charge in [0.2, 0.25) is 17.7 Å². The highest BCUT2D eigenvalue weighted by Crippen LogP contribution is 2.19. The Kier molecular flexibility index (Phi) is 12.5. The topological polar surface area (TPSA) is 109 Å². The van der Waals surface area contributed by atoms with Gasteiger partial charge in [-0.25, -0.2) is 0 Å². The molecular formula is C30H41IN4O4. The number of aryl methyl sites for hydroxylation is 1.